The number of hydrogen-bond acceptors (Lipinski definition) is 3. The molecule has 1 aromatic rings. The fraction of sp³-hybridized carbons (Fsp3) is 0.647. The van der Waals surface area contributed by atoms with E-state index in [9.17, 15) is 0 Å². The lowest BCUT2D eigenvalue weighted by Gasteiger charge is -2.39. The highest BCUT2D eigenvalue weighted by atomic mass is 35.5. The lowest BCUT2D eigenvalue weighted by atomic mass is 10.1. The molecule has 0 aliphatic carbocycles. The Bertz CT molecular complexity index is 489. The van der Waals surface area contributed by atoms with Gasteiger partial charge in [0.25, 0.3) is 0 Å². The van der Waals surface area contributed by atoms with E-state index in [4.69, 9.17) is 11.6 Å². The van der Waals surface area contributed by atoms with Crippen LogP contribution in [-0.4, -0.2) is 43.2 Å². The standard InChI is InChI=1S/C17H26ClN3/c1-13(2)19-11-14-5-6-15(18)10-17(14)21-9-8-20-7-3-4-16(20)12-21/h5-6,10,13,16,19H,3-4,7-9,11-12H2,1-2H3. The van der Waals surface area contributed by atoms with Gasteiger partial charge in [0.2, 0.25) is 0 Å². The van der Waals surface area contributed by atoms with Crippen LogP contribution >= 0.6 is 11.6 Å². The first-order valence-electron chi connectivity index (χ1n) is 8.14. The van der Waals surface area contributed by atoms with Crippen LogP contribution in [0.1, 0.15) is 32.3 Å². The number of benzene rings is 1. The van der Waals surface area contributed by atoms with Gasteiger partial charge in [-0.15, -0.1) is 0 Å². The van der Waals surface area contributed by atoms with Crippen LogP contribution < -0.4 is 10.2 Å². The van der Waals surface area contributed by atoms with Gasteiger partial charge < -0.3 is 10.2 Å². The second kappa shape index (κ2) is 6.55. The number of rotatable bonds is 4. The monoisotopic (exact) mass is 307 g/mol. The lowest BCUT2D eigenvalue weighted by Crippen LogP contribution is -2.50. The molecule has 1 aromatic carbocycles. The molecule has 0 radical (unpaired) electrons. The van der Waals surface area contributed by atoms with Gasteiger partial charge in [-0.2, -0.15) is 0 Å². The Morgan fingerprint density at radius 2 is 2.14 bits per heavy atom. The van der Waals surface area contributed by atoms with E-state index in [-0.39, 0.29) is 0 Å². The van der Waals surface area contributed by atoms with E-state index in [1.54, 1.807) is 0 Å². The van der Waals surface area contributed by atoms with E-state index < -0.39 is 0 Å². The molecule has 1 atom stereocenters. The van der Waals surface area contributed by atoms with Gasteiger partial charge >= 0.3 is 0 Å². The highest BCUT2D eigenvalue weighted by Crippen LogP contribution is 2.30. The third kappa shape index (κ3) is 3.53. The van der Waals surface area contributed by atoms with Gasteiger partial charge in [0.1, 0.15) is 0 Å². The summed E-state index contributed by atoms with van der Waals surface area (Å²) in [6, 6.07) is 7.56. The number of piperazine rings is 1. The van der Waals surface area contributed by atoms with E-state index in [0.717, 1.165) is 30.7 Å². The molecule has 4 heteroatoms. The Balaban J connectivity index is 1.77. The summed E-state index contributed by atoms with van der Waals surface area (Å²) in [6.07, 6.45) is 2.70. The average molecular weight is 308 g/mol. The van der Waals surface area contributed by atoms with Gasteiger partial charge in [0, 0.05) is 49.0 Å². The molecular formula is C17H26ClN3. The molecule has 2 aliphatic heterocycles. The molecule has 0 saturated carbocycles. The normalized spacial score (nSPS) is 22.9. The Morgan fingerprint density at radius 3 is 2.95 bits per heavy atom. The minimum Gasteiger partial charge on any atom is -0.368 e. The second-order valence-electron chi connectivity index (χ2n) is 6.59. The van der Waals surface area contributed by atoms with Crippen molar-refractivity contribution in [3.8, 4) is 0 Å². The van der Waals surface area contributed by atoms with E-state index in [2.05, 4.69) is 41.1 Å². The van der Waals surface area contributed by atoms with Crippen molar-refractivity contribution >= 4 is 17.3 Å². The molecule has 2 fully saturated rings. The first-order valence-corrected chi connectivity index (χ1v) is 8.52. The van der Waals surface area contributed by atoms with Crippen LogP contribution in [0.3, 0.4) is 0 Å². The lowest BCUT2D eigenvalue weighted by molar-refractivity contribution is 0.231. The molecule has 1 N–H and O–H groups in total. The Morgan fingerprint density at radius 1 is 1.29 bits per heavy atom. The van der Waals surface area contributed by atoms with Gasteiger partial charge in [0.05, 0.1) is 0 Å². The molecule has 1 unspecified atom stereocenters. The summed E-state index contributed by atoms with van der Waals surface area (Å²) in [7, 11) is 0. The number of nitrogens with zero attached hydrogens (tertiary/aromatic N) is 2. The minimum atomic E-state index is 0.500. The highest BCUT2D eigenvalue weighted by Gasteiger charge is 2.31. The zero-order valence-corrected chi connectivity index (χ0v) is 13.9. The molecule has 2 aliphatic rings. The smallest absolute Gasteiger partial charge is 0.0427 e. The number of hydrogen-bond donors (Lipinski definition) is 1. The van der Waals surface area contributed by atoms with E-state index in [0.29, 0.717) is 6.04 Å². The molecule has 2 saturated heterocycles. The van der Waals surface area contributed by atoms with Gasteiger partial charge in [-0.05, 0) is 37.1 Å². The maximum atomic E-state index is 6.25. The molecule has 0 amide bonds. The zero-order valence-electron chi connectivity index (χ0n) is 13.1. The third-order valence-corrected chi connectivity index (χ3v) is 4.91. The highest BCUT2D eigenvalue weighted by molar-refractivity contribution is 6.30. The molecule has 2 heterocycles. The summed E-state index contributed by atoms with van der Waals surface area (Å²) in [5.74, 6) is 0. The van der Waals surface area contributed by atoms with E-state index in [1.807, 2.05) is 6.07 Å². The zero-order chi connectivity index (χ0) is 14.8. The van der Waals surface area contributed by atoms with Crippen LogP contribution in [0.25, 0.3) is 0 Å². The number of halogens is 1. The van der Waals surface area contributed by atoms with E-state index >= 15 is 0 Å². The van der Waals surface area contributed by atoms with Crippen molar-refractivity contribution in [2.45, 2.75) is 45.3 Å². The first kappa shape index (κ1) is 15.1. The van der Waals surface area contributed by atoms with Crippen molar-refractivity contribution < 1.29 is 0 Å². The predicted molar refractivity (Wildman–Crippen MR) is 90.2 cm³/mol. The number of nitrogens with one attached hydrogen (secondary N) is 1. The van der Waals surface area contributed by atoms with Crippen LogP contribution in [0.15, 0.2) is 18.2 Å². The Hall–Kier alpha value is -0.770. The molecular weight excluding hydrogens is 282 g/mol. The van der Waals surface area contributed by atoms with Crippen molar-refractivity contribution in [1.29, 1.82) is 0 Å². The summed E-state index contributed by atoms with van der Waals surface area (Å²) in [5, 5.41) is 4.37. The van der Waals surface area contributed by atoms with Gasteiger partial charge in [-0.1, -0.05) is 31.5 Å². The van der Waals surface area contributed by atoms with Gasteiger partial charge in [-0.3, -0.25) is 4.90 Å². The number of anilines is 1. The summed E-state index contributed by atoms with van der Waals surface area (Å²) in [6.45, 7) is 10.0. The molecule has 116 valence electrons. The number of fused-ring (bicyclic) bond motifs is 1. The molecule has 0 spiro atoms. The second-order valence-corrected chi connectivity index (χ2v) is 7.02. The van der Waals surface area contributed by atoms with Crippen LogP contribution in [-0.2, 0) is 6.54 Å². The first-order chi connectivity index (χ1) is 10.1. The third-order valence-electron chi connectivity index (χ3n) is 4.68. The predicted octanol–water partition coefficient (Wildman–Crippen LogP) is 3.12. The van der Waals surface area contributed by atoms with Crippen LogP contribution in [0.5, 0.6) is 0 Å². The molecule has 0 aromatic heterocycles. The largest absolute Gasteiger partial charge is 0.368 e. The summed E-state index contributed by atoms with van der Waals surface area (Å²) in [5.41, 5.74) is 2.68. The summed E-state index contributed by atoms with van der Waals surface area (Å²) < 4.78 is 0. The van der Waals surface area contributed by atoms with Crippen LogP contribution in [0.2, 0.25) is 5.02 Å². The molecule has 21 heavy (non-hydrogen) atoms. The minimum absolute atomic E-state index is 0.500. The Labute approximate surface area is 133 Å². The quantitative estimate of drug-likeness (QED) is 0.922. The maximum Gasteiger partial charge on any atom is 0.0427 e. The van der Waals surface area contributed by atoms with E-state index in [1.165, 1.54) is 37.2 Å². The van der Waals surface area contributed by atoms with Crippen molar-refractivity contribution in [3.05, 3.63) is 28.8 Å². The fourth-order valence-corrected chi connectivity index (χ4v) is 3.67. The molecule has 3 rings (SSSR count). The summed E-state index contributed by atoms with van der Waals surface area (Å²) >= 11 is 6.25. The average Bonchev–Trinajstić information content (AvgIpc) is 2.93. The van der Waals surface area contributed by atoms with Crippen LogP contribution in [0, 0.1) is 0 Å². The van der Waals surface area contributed by atoms with Crippen molar-refractivity contribution in [2.75, 3.05) is 31.1 Å². The van der Waals surface area contributed by atoms with Crippen molar-refractivity contribution in [3.63, 3.8) is 0 Å². The summed E-state index contributed by atoms with van der Waals surface area (Å²) in [4.78, 5) is 5.18. The Kier molecular flexibility index (Phi) is 4.72. The van der Waals surface area contributed by atoms with Crippen molar-refractivity contribution in [2.24, 2.45) is 0 Å². The van der Waals surface area contributed by atoms with Crippen LogP contribution in [0.4, 0.5) is 5.69 Å². The van der Waals surface area contributed by atoms with Gasteiger partial charge in [-0.25, -0.2) is 0 Å². The molecule has 3 nitrogen and oxygen atoms in total. The van der Waals surface area contributed by atoms with Gasteiger partial charge in [0.15, 0.2) is 0 Å². The maximum absolute atomic E-state index is 6.25. The molecule has 0 bridgehead atoms. The van der Waals surface area contributed by atoms with Crippen molar-refractivity contribution in [1.82, 2.24) is 10.2 Å². The fourth-order valence-electron chi connectivity index (χ4n) is 3.50. The SMILES string of the molecule is CC(C)NCc1ccc(Cl)cc1N1CCN2CCCC2C1. The topological polar surface area (TPSA) is 18.5 Å².